The molecule has 1 atom stereocenters. The lowest BCUT2D eigenvalue weighted by atomic mass is 10.1. The Morgan fingerprint density at radius 3 is 2.80 bits per heavy atom. The van der Waals surface area contributed by atoms with Gasteiger partial charge in [-0.1, -0.05) is 17.7 Å². The van der Waals surface area contributed by atoms with E-state index in [1.165, 1.54) is 12.1 Å². The number of nitrogens with zero attached hydrogens (tertiary/aromatic N) is 1. The summed E-state index contributed by atoms with van der Waals surface area (Å²) in [5.41, 5.74) is -0.520. The lowest BCUT2D eigenvalue weighted by molar-refractivity contribution is -0.387. The largest absolute Gasteiger partial charge is 0.315 e. The quantitative estimate of drug-likeness (QED) is 0.643. The molecule has 0 saturated carbocycles. The summed E-state index contributed by atoms with van der Waals surface area (Å²) in [5, 5.41) is 13.9. The van der Waals surface area contributed by atoms with E-state index < -0.39 is 25.5 Å². The smallest absolute Gasteiger partial charge is 0.290 e. The lowest BCUT2D eigenvalue weighted by Crippen LogP contribution is -2.45. The molecule has 1 aliphatic heterocycles. The van der Waals surface area contributed by atoms with E-state index in [0.717, 1.165) is 19.0 Å². The van der Waals surface area contributed by atoms with Gasteiger partial charge in [-0.15, -0.1) is 0 Å². The van der Waals surface area contributed by atoms with Crippen LogP contribution in [0, 0.1) is 10.1 Å². The molecular formula is C11H14ClN3O4S. The van der Waals surface area contributed by atoms with Gasteiger partial charge >= 0.3 is 0 Å². The first-order valence-corrected chi connectivity index (χ1v) is 7.94. The van der Waals surface area contributed by atoms with Crippen molar-refractivity contribution in [1.82, 2.24) is 10.0 Å². The third kappa shape index (κ3) is 3.26. The zero-order chi connectivity index (χ0) is 14.8. The average molecular weight is 320 g/mol. The third-order valence-electron chi connectivity index (χ3n) is 3.03. The number of nitrogens with one attached hydrogen (secondary N) is 2. The molecule has 0 radical (unpaired) electrons. The average Bonchev–Trinajstić information content (AvgIpc) is 2.38. The van der Waals surface area contributed by atoms with Gasteiger partial charge in [-0.2, -0.15) is 0 Å². The highest BCUT2D eigenvalue weighted by atomic mass is 35.5. The van der Waals surface area contributed by atoms with Gasteiger partial charge in [0.25, 0.3) is 5.69 Å². The van der Waals surface area contributed by atoms with Crippen molar-refractivity contribution in [2.24, 2.45) is 0 Å². The van der Waals surface area contributed by atoms with Gasteiger partial charge in [0, 0.05) is 18.7 Å². The van der Waals surface area contributed by atoms with Crippen LogP contribution in [0.2, 0.25) is 5.02 Å². The number of halogens is 1. The molecule has 2 N–H and O–H groups in total. The van der Waals surface area contributed by atoms with Crippen LogP contribution in [0.5, 0.6) is 0 Å². The second-order valence-electron chi connectivity index (χ2n) is 4.51. The van der Waals surface area contributed by atoms with Gasteiger partial charge in [0.2, 0.25) is 10.0 Å². The van der Waals surface area contributed by atoms with Crippen LogP contribution in [0.4, 0.5) is 5.69 Å². The van der Waals surface area contributed by atoms with E-state index in [-0.39, 0.29) is 11.1 Å². The van der Waals surface area contributed by atoms with Crippen molar-refractivity contribution < 1.29 is 13.3 Å². The van der Waals surface area contributed by atoms with Gasteiger partial charge in [0.1, 0.15) is 0 Å². The standard InChI is InChI=1S/C11H14ClN3O4S/c12-9-4-1-5-10(15(16)17)11(9)20(18,19)14-8-3-2-6-13-7-8/h1,4-5,8,13-14H,2-3,6-7H2. The highest BCUT2D eigenvalue weighted by molar-refractivity contribution is 7.89. The molecular weight excluding hydrogens is 306 g/mol. The summed E-state index contributed by atoms with van der Waals surface area (Å²) in [6.07, 6.45) is 1.53. The first-order valence-electron chi connectivity index (χ1n) is 6.08. The molecule has 0 spiro atoms. The van der Waals surface area contributed by atoms with Crippen LogP contribution in [0.1, 0.15) is 12.8 Å². The van der Waals surface area contributed by atoms with E-state index in [4.69, 9.17) is 11.6 Å². The maximum absolute atomic E-state index is 12.3. The second kappa shape index (κ2) is 6.04. The van der Waals surface area contributed by atoms with E-state index in [1.54, 1.807) is 0 Å². The lowest BCUT2D eigenvalue weighted by Gasteiger charge is -2.23. The molecule has 1 unspecified atom stereocenters. The van der Waals surface area contributed by atoms with Crippen molar-refractivity contribution >= 4 is 27.3 Å². The Morgan fingerprint density at radius 1 is 1.45 bits per heavy atom. The van der Waals surface area contributed by atoms with Crippen LogP contribution in [0.15, 0.2) is 23.1 Å². The number of hydrogen-bond acceptors (Lipinski definition) is 5. The number of rotatable bonds is 4. The van der Waals surface area contributed by atoms with Crippen LogP contribution in [0.25, 0.3) is 0 Å². The molecule has 0 amide bonds. The minimum Gasteiger partial charge on any atom is -0.315 e. The van der Waals surface area contributed by atoms with Crippen molar-refractivity contribution in [1.29, 1.82) is 0 Å². The maximum Gasteiger partial charge on any atom is 0.290 e. The molecule has 110 valence electrons. The molecule has 0 aromatic heterocycles. The first kappa shape index (κ1) is 15.2. The van der Waals surface area contributed by atoms with Crippen molar-refractivity contribution in [3.8, 4) is 0 Å². The van der Waals surface area contributed by atoms with Crippen LogP contribution < -0.4 is 10.0 Å². The molecule has 1 heterocycles. The molecule has 1 fully saturated rings. The molecule has 2 rings (SSSR count). The second-order valence-corrected chi connectivity index (χ2v) is 6.57. The summed E-state index contributed by atoms with van der Waals surface area (Å²) in [6.45, 7) is 1.34. The van der Waals surface area contributed by atoms with Crippen LogP contribution >= 0.6 is 11.6 Å². The molecule has 9 heteroatoms. The Morgan fingerprint density at radius 2 is 2.20 bits per heavy atom. The van der Waals surface area contributed by atoms with Crippen LogP contribution in [-0.2, 0) is 10.0 Å². The third-order valence-corrected chi connectivity index (χ3v) is 5.07. The highest BCUT2D eigenvalue weighted by Gasteiger charge is 2.31. The van der Waals surface area contributed by atoms with Gasteiger partial charge in [-0.05, 0) is 25.5 Å². The normalized spacial score (nSPS) is 19.8. The van der Waals surface area contributed by atoms with E-state index in [1.807, 2.05) is 0 Å². The molecule has 1 aromatic rings. The van der Waals surface area contributed by atoms with E-state index in [0.29, 0.717) is 13.0 Å². The molecule has 1 aromatic carbocycles. The Labute approximate surface area is 121 Å². The first-order chi connectivity index (χ1) is 9.42. The maximum atomic E-state index is 12.3. The Balaban J connectivity index is 2.36. The van der Waals surface area contributed by atoms with Gasteiger partial charge < -0.3 is 5.32 Å². The number of benzene rings is 1. The Bertz CT molecular complexity index is 614. The van der Waals surface area contributed by atoms with Gasteiger partial charge in [0.05, 0.1) is 9.95 Å². The molecule has 0 aliphatic carbocycles. The van der Waals surface area contributed by atoms with E-state index in [2.05, 4.69) is 10.0 Å². The van der Waals surface area contributed by atoms with Crippen molar-refractivity contribution in [3.63, 3.8) is 0 Å². The monoisotopic (exact) mass is 319 g/mol. The summed E-state index contributed by atoms with van der Waals surface area (Å²) in [6, 6.07) is 3.51. The summed E-state index contributed by atoms with van der Waals surface area (Å²) >= 11 is 5.84. The molecule has 1 saturated heterocycles. The van der Waals surface area contributed by atoms with Gasteiger partial charge in [-0.3, -0.25) is 10.1 Å². The van der Waals surface area contributed by atoms with Gasteiger partial charge in [-0.25, -0.2) is 13.1 Å². The molecule has 20 heavy (non-hydrogen) atoms. The highest BCUT2D eigenvalue weighted by Crippen LogP contribution is 2.30. The van der Waals surface area contributed by atoms with Crippen molar-refractivity contribution in [3.05, 3.63) is 33.3 Å². The predicted molar refractivity (Wildman–Crippen MR) is 74.3 cm³/mol. The summed E-state index contributed by atoms with van der Waals surface area (Å²) in [7, 11) is -4.03. The fourth-order valence-electron chi connectivity index (χ4n) is 2.14. The van der Waals surface area contributed by atoms with E-state index in [9.17, 15) is 18.5 Å². The summed E-state index contributed by atoms with van der Waals surface area (Å²) in [4.78, 5) is 9.73. The number of piperidine rings is 1. The molecule has 0 bridgehead atoms. The fourth-order valence-corrected chi connectivity index (χ4v) is 4.11. The molecule has 1 aliphatic rings. The number of nitro groups is 1. The fraction of sp³-hybridized carbons (Fsp3) is 0.455. The minimum atomic E-state index is -4.03. The number of nitro benzene ring substituents is 1. The van der Waals surface area contributed by atoms with E-state index >= 15 is 0 Å². The van der Waals surface area contributed by atoms with Crippen molar-refractivity contribution in [2.75, 3.05) is 13.1 Å². The number of sulfonamides is 1. The van der Waals surface area contributed by atoms with Crippen LogP contribution in [0.3, 0.4) is 0 Å². The Kier molecular flexibility index (Phi) is 4.59. The van der Waals surface area contributed by atoms with Crippen LogP contribution in [-0.4, -0.2) is 32.5 Å². The topological polar surface area (TPSA) is 101 Å². The summed E-state index contributed by atoms with van der Waals surface area (Å²) < 4.78 is 27.1. The predicted octanol–water partition coefficient (Wildman–Crippen LogP) is 1.28. The summed E-state index contributed by atoms with van der Waals surface area (Å²) in [5.74, 6) is 0. The SMILES string of the molecule is O=[N+]([O-])c1cccc(Cl)c1S(=O)(=O)NC1CCCNC1. The zero-order valence-corrected chi connectivity index (χ0v) is 12.1. The minimum absolute atomic E-state index is 0.157. The van der Waals surface area contributed by atoms with Gasteiger partial charge in [0.15, 0.2) is 4.90 Å². The Hall–Kier alpha value is -1.22. The zero-order valence-electron chi connectivity index (χ0n) is 10.5. The van der Waals surface area contributed by atoms with Crippen molar-refractivity contribution in [2.45, 2.75) is 23.8 Å². The number of hydrogen-bond donors (Lipinski definition) is 2. The molecule has 7 nitrogen and oxygen atoms in total.